The number of carbonyl (C=O) groups excluding carboxylic acids is 2. The Morgan fingerprint density at radius 2 is 1.90 bits per heavy atom. The highest BCUT2D eigenvalue weighted by Crippen LogP contribution is 2.40. The van der Waals surface area contributed by atoms with Crippen LogP contribution in [0.3, 0.4) is 0 Å². The van der Waals surface area contributed by atoms with Crippen LogP contribution in [0.4, 0.5) is 0 Å². The minimum Gasteiger partial charge on any atom is -0.497 e. The van der Waals surface area contributed by atoms with Crippen LogP contribution in [-0.2, 0) is 11.2 Å². The van der Waals surface area contributed by atoms with Gasteiger partial charge in [0, 0.05) is 37.4 Å². The fraction of sp³-hybridized carbons (Fsp3) is 0.391. The van der Waals surface area contributed by atoms with E-state index in [4.69, 9.17) is 21.1 Å². The standard InChI is InChI=1S/C23H24ClNO4/c1-28-18-7-8-21-19(14-18)20(26)15-23(29-21)10-12-25(13-11-23)22(27)9-4-16-2-5-17(24)6-3-16/h2-3,5-8,14H,4,9-13,15H2,1H3. The number of ketones is 1. The zero-order valence-electron chi connectivity index (χ0n) is 16.4. The number of methoxy groups -OCH3 is 1. The van der Waals surface area contributed by atoms with Crippen molar-refractivity contribution in [2.45, 2.75) is 37.7 Å². The summed E-state index contributed by atoms with van der Waals surface area (Å²) < 4.78 is 11.5. The summed E-state index contributed by atoms with van der Waals surface area (Å²) in [6.07, 6.45) is 2.84. The van der Waals surface area contributed by atoms with Crippen LogP contribution in [0.5, 0.6) is 11.5 Å². The number of benzene rings is 2. The number of rotatable bonds is 4. The first-order chi connectivity index (χ1) is 14.0. The average molecular weight is 414 g/mol. The summed E-state index contributed by atoms with van der Waals surface area (Å²) in [5, 5.41) is 0.698. The van der Waals surface area contributed by atoms with E-state index in [9.17, 15) is 9.59 Å². The molecule has 0 saturated carbocycles. The predicted octanol–water partition coefficient (Wildman–Crippen LogP) is 4.31. The van der Waals surface area contributed by atoms with Gasteiger partial charge in [-0.05, 0) is 42.3 Å². The number of hydrogen-bond acceptors (Lipinski definition) is 4. The predicted molar refractivity (Wildman–Crippen MR) is 111 cm³/mol. The second-order valence-electron chi connectivity index (χ2n) is 7.75. The summed E-state index contributed by atoms with van der Waals surface area (Å²) in [5.74, 6) is 1.48. The van der Waals surface area contributed by atoms with E-state index >= 15 is 0 Å². The van der Waals surface area contributed by atoms with Gasteiger partial charge in [0.15, 0.2) is 5.78 Å². The molecule has 1 amide bonds. The molecule has 5 nitrogen and oxygen atoms in total. The minimum atomic E-state index is -0.508. The number of hydrogen-bond donors (Lipinski definition) is 0. The molecule has 0 radical (unpaired) electrons. The van der Waals surface area contributed by atoms with Gasteiger partial charge in [-0.2, -0.15) is 0 Å². The molecule has 2 aliphatic heterocycles. The molecule has 2 heterocycles. The zero-order valence-corrected chi connectivity index (χ0v) is 17.2. The molecule has 0 bridgehead atoms. The number of aryl methyl sites for hydroxylation is 1. The highest BCUT2D eigenvalue weighted by Gasteiger charge is 2.43. The molecule has 152 valence electrons. The van der Waals surface area contributed by atoms with E-state index < -0.39 is 5.60 Å². The van der Waals surface area contributed by atoms with Gasteiger partial charge in [-0.15, -0.1) is 0 Å². The topological polar surface area (TPSA) is 55.8 Å². The largest absolute Gasteiger partial charge is 0.497 e. The Hall–Kier alpha value is -2.53. The molecule has 0 unspecified atom stereocenters. The molecule has 1 spiro atoms. The zero-order chi connectivity index (χ0) is 20.4. The third kappa shape index (κ3) is 4.25. The van der Waals surface area contributed by atoms with Crippen LogP contribution in [0.1, 0.15) is 41.6 Å². The fourth-order valence-electron chi connectivity index (χ4n) is 4.10. The normalized spacial score (nSPS) is 17.6. The third-order valence-corrected chi connectivity index (χ3v) is 6.12. The van der Waals surface area contributed by atoms with Crippen molar-refractivity contribution in [1.29, 1.82) is 0 Å². The Labute approximate surface area is 175 Å². The summed E-state index contributed by atoms with van der Waals surface area (Å²) in [6, 6.07) is 12.9. The van der Waals surface area contributed by atoms with Crippen LogP contribution in [0.25, 0.3) is 0 Å². The van der Waals surface area contributed by atoms with Gasteiger partial charge in [-0.1, -0.05) is 23.7 Å². The van der Waals surface area contributed by atoms with Crippen LogP contribution >= 0.6 is 11.6 Å². The van der Waals surface area contributed by atoms with Crippen LogP contribution in [0, 0.1) is 0 Å². The number of carbonyl (C=O) groups is 2. The molecular weight excluding hydrogens is 390 g/mol. The van der Waals surface area contributed by atoms with E-state index in [-0.39, 0.29) is 11.7 Å². The Balaban J connectivity index is 1.35. The number of halogens is 1. The van der Waals surface area contributed by atoms with Crippen molar-refractivity contribution in [2.24, 2.45) is 0 Å². The third-order valence-electron chi connectivity index (χ3n) is 5.86. The Kier molecular flexibility index (Phi) is 5.50. The van der Waals surface area contributed by atoms with Gasteiger partial charge in [-0.25, -0.2) is 0 Å². The number of nitrogens with zero attached hydrogens (tertiary/aromatic N) is 1. The molecule has 1 fully saturated rings. The van der Waals surface area contributed by atoms with Crippen molar-refractivity contribution >= 4 is 23.3 Å². The number of ether oxygens (including phenoxy) is 2. The molecule has 0 aromatic heterocycles. The molecule has 2 aliphatic rings. The second kappa shape index (κ2) is 8.07. The first kappa shape index (κ1) is 19.8. The molecule has 29 heavy (non-hydrogen) atoms. The maximum absolute atomic E-state index is 12.7. The summed E-state index contributed by atoms with van der Waals surface area (Å²) in [7, 11) is 1.58. The number of Topliss-reactive ketones (excluding diaryl/α,β-unsaturated/α-hetero) is 1. The lowest BCUT2D eigenvalue weighted by Crippen LogP contribution is -2.52. The molecule has 2 aromatic rings. The quantitative estimate of drug-likeness (QED) is 0.749. The lowest BCUT2D eigenvalue weighted by atomic mass is 9.82. The number of piperidine rings is 1. The van der Waals surface area contributed by atoms with E-state index in [0.29, 0.717) is 67.3 Å². The first-order valence-corrected chi connectivity index (χ1v) is 10.3. The van der Waals surface area contributed by atoms with E-state index in [2.05, 4.69) is 0 Å². The first-order valence-electron chi connectivity index (χ1n) is 9.90. The summed E-state index contributed by atoms with van der Waals surface area (Å²) in [4.78, 5) is 27.2. The van der Waals surface area contributed by atoms with Crippen molar-refractivity contribution in [1.82, 2.24) is 4.90 Å². The SMILES string of the molecule is COc1ccc2c(c1)C(=O)CC1(CCN(C(=O)CCc3ccc(Cl)cc3)CC1)O2. The maximum atomic E-state index is 12.7. The van der Waals surface area contributed by atoms with Crippen LogP contribution < -0.4 is 9.47 Å². The summed E-state index contributed by atoms with van der Waals surface area (Å²) in [5.41, 5.74) is 1.17. The Bertz CT molecular complexity index is 917. The van der Waals surface area contributed by atoms with Gasteiger partial charge in [0.05, 0.1) is 19.1 Å². The minimum absolute atomic E-state index is 0.0765. The maximum Gasteiger partial charge on any atom is 0.222 e. The van der Waals surface area contributed by atoms with Gasteiger partial charge in [0.1, 0.15) is 17.1 Å². The molecule has 0 aliphatic carbocycles. The molecule has 0 N–H and O–H groups in total. The van der Waals surface area contributed by atoms with Crippen LogP contribution in [0.15, 0.2) is 42.5 Å². The molecule has 1 saturated heterocycles. The lowest BCUT2D eigenvalue weighted by Gasteiger charge is -2.44. The van der Waals surface area contributed by atoms with Gasteiger partial charge >= 0.3 is 0 Å². The van der Waals surface area contributed by atoms with E-state index in [1.54, 1.807) is 25.3 Å². The summed E-state index contributed by atoms with van der Waals surface area (Å²) >= 11 is 5.91. The highest BCUT2D eigenvalue weighted by molar-refractivity contribution is 6.30. The van der Waals surface area contributed by atoms with Crippen molar-refractivity contribution in [3.05, 3.63) is 58.6 Å². The van der Waals surface area contributed by atoms with Crippen molar-refractivity contribution in [3.63, 3.8) is 0 Å². The summed E-state index contributed by atoms with van der Waals surface area (Å²) in [6.45, 7) is 1.22. The Morgan fingerprint density at radius 1 is 1.17 bits per heavy atom. The van der Waals surface area contributed by atoms with Gasteiger partial charge in [-0.3, -0.25) is 9.59 Å². The van der Waals surface area contributed by atoms with Crippen molar-refractivity contribution in [2.75, 3.05) is 20.2 Å². The van der Waals surface area contributed by atoms with Gasteiger partial charge in [0.25, 0.3) is 0 Å². The average Bonchev–Trinajstić information content (AvgIpc) is 2.73. The smallest absolute Gasteiger partial charge is 0.222 e. The highest BCUT2D eigenvalue weighted by atomic mass is 35.5. The fourth-order valence-corrected chi connectivity index (χ4v) is 4.23. The number of fused-ring (bicyclic) bond motifs is 1. The van der Waals surface area contributed by atoms with E-state index in [1.165, 1.54) is 0 Å². The van der Waals surface area contributed by atoms with E-state index in [0.717, 1.165) is 5.56 Å². The van der Waals surface area contributed by atoms with Gasteiger partial charge < -0.3 is 14.4 Å². The van der Waals surface area contributed by atoms with Gasteiger partial charge in [0.2, 0.25) is 5.91 Å². The van der Waals surface area contributed by atoms with E-state index in [1.807, 2.05) is 29.2 Å². The lowest BCUT2D eigenvalue weighted by molar-refractivity contribution is -0.134. The van der Waals surface area contributed by atoms with Crippen LogP contribution in [-0.4, -0.2) is 42.4 Å². The second-order valence-corrected chi connectivity index (χ2v) is 8.19. The molecular formula is C23H24ClNO4. The monoisotopic (exact) mass is 413 g/mol. The molecule has 0 atom stereocenters. The Morgan fingerprint density at radius 3 is 2.59 bits per heavy atom. The number of likely N-dealkylation sites (tertiary alicyclic amines) is 1. The molecule has 6 heteroatoms. The van der Waals surface area contributed by atoms with Crippen molar-refractivity contribution in [3.8, 4) is 11.5 Å². The molecule has 2 aromatic carbocycles. The van der Waals surface area contributed by atoms with Crippen molar-refractivity contribution < 1.29 is 19.1 Å². The number of amides is 1. The van der Waals surface area contributed by atoms with Crippen LogP contribution in [0.2, 0.25) is 5.02 Å². The molecule has 4 rings (SSSR count).